The fourth-order valence-corrected chi connectivity index (χ4v) is 1.77. The van der Waals surface area contributed by atoms with E-state index in [0.29, 0.717) is 6.61 Å². The van der Waals surface area contributed by atoms with Gasteiger partial charge in [0, 0.05) is 19.1 Å². The number of hydrogen-bond acceptors (Lipinski definition) is 4. The average Bonchev–Trinajstić information content (AvgIpc) is 2.45. The zero-order valence-corrected chi connectivity index (χ0v) is 12.0. The van der Waals surface area contributed by atoms with Crippen molar-refractivity contribution in [3.8, 4) is 11.5 Å². The molecular weight excluding hydrogens is 240 g/mol. The van der Waals surface area contributed by atoms with Crippen molar-refractivity contribution in [3.05, 3.63) is 24.3 Å². The topological polar surface area (TPSA) is 56.5 Å². The summed E-state index contributed by atoms with van der Waals surface area (Å²) in [6.07, 6.45) is 3.49. The van der Waals surface area contributed by atoms with Crippen LogP contribution in [0.3, 0.4) is 0 Å². The number of rotatable bonds is 10. The molecule has 0 spiro atoms. The van der Waals surface area contributed by atoms with Crippen LogP contribution < -0.4 is 20.5 Å². The Hall–Kier alpha value is -1.26. The Bertz CT molecular complexity index is 327. The summed E-state index contributed by atoms with van der Waals surface area (Å²) in [6, 6.07) is 7.85. The number of nitrogens with two attached hydrogens (primary N) is 1. The van der Waals surface area contributed by atoms with E-state index >= 15 is 0 Å². The Balaban J connectivity index is 2.06. The third-order valence-electron chi connectivity index (χ3n) is 2.94. The third kappa shape index (κ3) is 7.03. The molecule has 4 heteroatoms. The lowest BCUT2D eigenvalue weighted by atomic mass is 10.1. The van der Waals surface area contributed by atoms with Gasteiger partial charge in [-0.1, -0.05) is 19.8 Å². The lowest BCUT2D eigenvalue weighted by Crippen LogP contribution is -2.35. The van der Waals surface area contributed by atoms with Gasteiger partial charge in [0.15, 0.2) is 0 Å². The van der Waals surface area contributed by atoms with E-state index in [1.165, 1.54) is 12.8 Å². The summed E-state index contributed by atoms with van der Waals surface area (Å²) in [5.41, 5.74) is 5.97. The molecule has 1 rings (SSSR count). The third-order valence-corrected chi connectivity index (χ3v) is 2.94. The van der Waals surface area contributed by atoms with Gasteiger partial charge in [-0.3, -0.25) is 0 Å². The minimum atomic E-state index is 0.251. The number of benzene rings is 1. The quantitative estimate of drug-likeness (QED) is 0.637. The molecule has 0 saturated heterocycles. The molecule has 0 aliphatic rings. The number of unbranched alkanes of at least 4 members (excludes halogenated alkanes) is 1. The maximum atomic E-state index is 5.97. The predicted octanol–water partition coefficient (Wildman–Crippen LogP) is 2.18. The Morgan fingerprint density at radius 2 is 1.89 bits per heavy atom. The molecule has 1 unspecified atom stereocenters. The van der Waals surface area contributed by atoms with Gasteiger partial charge in [0.25, 0.3) is 0 Å². The van der Waals surface area contributed by atoms with Gasteiger partial charge in [0.2, 0.25) is 0 Å². The van der Waals surface area contributed by atoms with Gasteiger partial charge in [-0.25, -0.2) is 0 Å². The van der Waals surface area contributed by atoms with Gasteiger partial charge in [0.05, 0.1) is 7.11 Å². The predicted molar refractivity (Wildman–Crippen MR) is 78.9 cm³/mol. The standard InChI is InChI=1S/C15H26N2O2/c1-3-4-5-13(16)12-17-10-11-19-15-8-6-14(18-2)7-9-15/h6-9,13,17H,3-5,10-12,16H2,1-2H3. The first kappa shape index (κ1) is 15.8. The van der Waals surface area contributed by atoms with Gasteiger partial charge in [-0.15, -0.1) is 0 Å². The molecule has 19 heavy (non-hydrogen) atoms. The lowest BCUT2D eigenvalue weighted by molar-refractivity contribution is 0.311. The normalized spacial score (nSPS) is 12.2. The second-order valence-electron chi connectivity index (χ2n) is 4.63. The Morgan fingerprint density at radius 3 is 2.53 bits per heavy atom. The van der Waals surface area contributed by atoms with Crippen molar-refractivity contribution in [1.82, 2.24) is 5.32 Å². The highest BCUT2D eigenvalue weighted by Gasteiger charge is 2.00. The molecule has 0 aromatic heterocycles. The molecule has 0 radical (unpaired) electrons. The molecule has 0 bridgehead atoms. The smallest absolute Gasteiger partial charge is 0.119 e. The van der Waals surface area contributed by atoms with Crippen molar-refractivity contribution < 1.29 is 9.47 Å². The van der Waals surface area contributed by atoms with Gasteiger partial charge in [-0.05, 0) is 30.7 Å². The maximum absolute atomic E-state index is 5.97. The van der Waals surface area contributed by atoms with Gasteiger partial charge < -0.3 is 20.5 Å². The van der Waals surface area contributed by atoms with Crippen LogP contribution in [0, 0.1) is 0 Å². The molecule has 0 aliphatic carbocycles. The van der Waals surface area contributed by atoms with Crippen molar-refractivity contribution in [2.24, 2.45) is 5.73 Å². The number of nitrogens with one attached hydrogen (secondary N) is 1. The van der Waals surface area contributed by atoms with Crippen molar-refractivity contribution in [2.75, 3.05) is 26.8 Å². The average molecular weight is 266 g/mol. The lowest BCUT2D eigenvalue weighted by Gasteiger charge is -2.12. The van der Waals surface area contributed by atoms with Crippen molar-refractivity contribution >= 4 is 0 Å². The Morgan fingerprint density at radius 1 is 1.21 bits per heavy atom. The van der Waals surface area contributed by atoms with E-state index in [-0.39, 0.29) is 6.04 Å². The van der Waals surface area contributed by atoms with Gasteiger partial charge >= 0.3 is 0 Å². The van der Waals surface area contributed by atoms with Crippen LogP contribution in [0.1, 0.15) is 26.2 Å². The maximum Gasteiger partial charge on any atom is 0.119 e. The van der Waals surface area contributed by atoms with Crippen LogP contribution in [0.25, 0.3) is 0 Å². The SMILES string of the molecule is CCCCC(N)CNCCOc1ccc(OC)cc1. The van der Waals surface area contributed by atoms with Crippen LogP contribution in [0.2, 0.25) is 0 Å². The summed E-state index contributed by atoms with van der Waals surface area (Å²) in [7, 11) is 1.65. The van der Waals surface area contributed by atoms with Crippen LogP contribution in [-0.2, 0) is 0 Å². The van der Waals surface area contributed by atoms with E-state index in [2.05, 4.69) is 12.2 Å². The molecule has 1 aromatic carbocycles. The molecular formula is C15H26N2O2. The minimum absolute atomic E-state index is 0.251. The summed E-state index contributed by atoms with van der Waals surface area (Å²) >= 11 is 0. The van der Waals surface area contributed by atoms with Crippen LogP contribution in [0.15, 0.2) is 24.3 Å². The summed E-state index contributed by atoms with van der Waals surface area (Å²) in [5, 5.41) is 3.31. The van der Waals surface area contributed by atoms with E-state index in [1.54, 1.807) is 7.11 Å². The van der Waals surface area contributed by atoms with E-state index in [9.17, 15) is 0 Å². The Kier molecular flexibility index (Phi) is 8.02. The fourth-order valence-electron chi connectivity index (χ4n) is 1.77. The van der Waals surface area contributed by atoms with E-state index in [4.69, 9.17) is 15.2 Å². The highest BCUT2D eigenvalue weighted by Crippen LogP contribution is 2.16. The fraction of sp³-hybridized carbons (Fsp3) is 0.600. The van der Waals surface area contributed by atoms with Crippen molar-refractivity contribution in [3.63, 3.8) is 0 Å². The minimum Gasteiger partial charge on any atom is -0.497 e. The highest BCUT2D eigenvalue weighted by molar-refractivity contribution is 5.31. The zero-order chi connectivity index (χ0) is 13.9. The second kappa shape index (κ2) is 9.64. The van der Waals surface area contributed by atoms with E-state index < -0.39 is 0 Å². The second-order valence-corrected chi connectivity index (χ2v) is 4.63. The van der Waals surface area contributed by atoms with Crippen LogP contribution in [-0.4, -0.2) is 32.8 Å². The number of hydrogen-bond donors (Lipinski definition) is 2. The first-order valence-electron chi connectivity index (χ1n) is 6.99. The van der Waals surface area contributed by atoms with Gasteiger partial charge in [0.1, 0.15) is 18.1 Å². The first-order valence-corrected chi connectivity index (χ1v) is 6.99. The monoisotopic (exact) mass is 266 g/mol. The number of methoxy groups -OCH3 is 1. The van der Waals surface area contributed by atoms with E-state index in [1.807, 2.05) is 24.3 Å². The van der Waals surface area contributed by atoms with Crippen LogP contribution in [0.5, 0.6) is 11.5 Å². The summed E-state index contributed by atoms with van der Waals surface area (Å²) in [4.78, 5) is 0. The first-order chi connectivity index (χ1) is 9.26. The van der Waals surface area contributed by atoms with Crippen molar-refractivity contribution in [2.45, 2.75) is 32.2 Å². The molecule has 1 atom stereocenters. The Labute approximate surface area is 116 Å². The van der Waals surface area contributed by atoms with Gasteiger partial charge in [-0.2, -0.15) is 0 Å². The van der Waals surface area contributed by atoms with Crippen molar-refractivity contribution in [1.29, 1.82) is 0 Å². The highest BCUT2D eigenvalue weighted by atomic mass is 16.5. The summed E-state index contributed by atoms with van der Waals surface area (Å²) < 4.78 is 10.7. The molecule has 0 saturated carbocycles. The molecule has 108 valence electrons. The molecule has 4 nitrogen and oxygen atoms in total. The van der Waals surface area contributed by atoms with E-state index in [0.717, 1.165) is 31.0 Å². The summed E-state index contributed by atoms with van der Waals surface area (Å²) in [5.74, 6) is 1.70. The van der Waals surface area contributed by atoms with Crippen LogP contribution in [0.4, 0.5) is 0 Å². The molecule has 0 amide bonds. The molecule has 1 aromatic rings. The molecule has 3 N–H and O–H groups in total. The summed E-state index contributed by atoms with van der Waals surface area (Å²) in [6.45, 7) is 4.49. The molecule has 0 fully saturated rings. The largest absolute Gasteiger partial charge is 0.497 e. The molecule has 0 aliphatic heterocycles. The molecule has 0 heterocycles. The number of ether oxygens (including phenoxy) is 2. The van der Waals surface area contributed by atoms with Crippen LogP contribution >= 0.6 is 0 Å². The zero-order valence-electron chi connectivity index (χ0n) is 12.0.